The Hall–Kier alpha value is -2.32. The molecule has 11 heteroatoms. The standard InChI is InChI=1S/C18H17N7O2.2V/c1-10-6-8-14(12(3)19-10)16(26)25(18-21-22-23-24(18)5)17(27)15-9-7-11(2)20-13(15)4;;/h8-9H,1-5H3;;/q-2;;. The van der Waals surface area contributed by atoms with E-state index in [4.69, 9.17) is 0 Å². The number of tetrazole rings is 1. The molecule has 0 N–H and O–H groups in total. The number of carbonyl (C=O) groups excluding carboxylic acids is 2. The summed E-state index contributed by atoms with van der Waals surface area (Å²) in [6.07, 6.45) is 0. The third kappa shape index (κ3) is 5.00. The van der Waals surface area contributed by atoms with E-state index in [1.807, 2.05) is 0 Å². The van der Waals surface area contributed by atoms with Crippen molar-refractivity contribution in [3.63, 3.8) is 0 Å². The van der Waals surface area contributed by atoms with E-state index in [1.165, 1.54) is 16.8 Å². The summed E-state index contributed by atoms with van der Waals surface area (Å²) < 4.78 is 1.25. The molecular formula is C18H17N7O2V2-2. The van der Waals surface area contributed by atoms with E-state index in [0.29, 0.717) is 22.8 Å². The number of hydrogen-bond acceptors (Lipinski definition) is 7. The Balaban J connectivity index is 0.00000210. The number of nitrogens with zero attached hydrogens (tertiary/aromatic N) is 7. The number of amides is 2. The molecule has 0 saturated heterocycles. The molecule has 3 heterocycles. The average molecular weight is 465 g/mol. The minimum absolute atomic E-state index is 0. The molecule has 3 rings (SSSR count). The molecule has 0 atom stereocenters. The van der Waals surface area contributed by atoms with Gasteiger partial charge in [-0.1, -0.05) is 27.6 Å². The second-order valence-corrected chi connectivity index (χ2v) is 6.02. The number of pyridine rings is 2. The van der Waals surface area contributed by atoms with Crippen molar-refractivity contribution in [2.75, 3.05) is 4.90 Å². The molecular weight excluding hydrogens is 448 g/mol. The number of anilines is 1. The Morgan fingerprint density at radius 2 is 1.34 bits per heavy atom. The molecule has 2 amide bonds. The van der Waals surface area contributed by atoms with Crippen molar-refractivity contribution in [3.8, 4) is 0 Å². The van der Waals surface area contributed by atoms with Gasteiger partial charge in [0.15, 0.2) is 11.8 Å². The zero-order chi connectivity index (χ0) is 19.7. The van der Waals surface area contributed by atoms with E-state index in [1.54, 1.807) is 34.7 Å². The van der Waals surface area contributed by atoms with Gasteiger partial charge in [-0.2, -0.15) is 0 Å². The molecule has 3 aromatic heterocycles. The molecule has 3 aromatic rings. The predicted molar refractivity (Wildman–Crippen MR) is 95.0 cm³/mol. The SMILES string of the molecule is Cc1[c-]cc(C(=O)N(C(=O)c2c[c-]c(C)nc2C)c2nnnn2C)c(C)n1.[V].[V]. The summed E-state index contributed by atoms with van der Waals surface area (Å²) in [4.78, 5) is 35.9. The first-order chi connectivity index (χ1) is 12.8. The van der Waals surface area contributed by atoms with Gasteiger partial charge in [-0.3, -0.25) is 19.6 Å². The third-order valence-electron chi connectivity index (χ3n) is 3.97. The van der Waals surface area contributed by atoms with Gasteiger partial charge in [-0.25, -0.2) is 33.8 Å². The Labute approximate surface area is 192 Å². The first-order valence-electron chi connectivity index (χ1n) is 8.12. The summed E-state index contributed by atoms with van der Waals surface area (Å²) in [6.45, 7) is 6.93. The molecule has 0 fully saturated rings. The number of aryl methyl sites for hydroxylation is 5. The molecule has 0 spiro atoms. The fraction of sp³-hybridized carbons (Fsp3) is 0.278. The number of hydrogen-bond donors (Lipinski definition) is 0. The van der Waals surface area contributed by atoms with E-state index in [0.717, 1.165) is 4.90 Å². The van der Waals surface area contributed by atoms with Crippen molar-refractivity contribution in [2.24, 2.45) is 7.05 Å². The van der Waals surface area contributed by atoms with E-state index in [-0.39, 0.29) is 54.2 Å². The molecule has 148 valence electrons. The number of aromatic nitrogens is 6. The predicted octanol–water partition coefficient (Wildman–Crippen LogP) is 1.32. The maximum Gasteiger partial charge on any atom is 0.256 e. The summed E-state index contributed by atoms with van der Waals surface area (Å²) in [7, 11) is 1.54. The monoisotopic (exact) mass is 465 g/mol. The second-order valence-electron chi connectivity index (χ2n) is 6.02. The molecule has 0 unspecified atom stereocenters. The van der Waals surface area contributed by atoms with Crippen LogP contribution >= 0.6 is 0 Å². The molecule has 0 aliphatic heterocycles. The van der Waals surface area contributed by atoms with E-state index in [2.05, 4.69) is 37.6 Å². The van der Waals surface area contributed by atoms with Gasteiger partial charge in [-0.05, 0) is 49.5 Å². The number of carbonyl (C=O) groups is 2. The summed E-state index contributed by atoms with van der Waals surface area (Å²) in [6, 6.07) is 8.79. The van der Waals surface area contributed by atoms with Gasteiger partial charge in [-0.15, -0.1) is 0 Å². The summed E-state index contributed by atoms with van der Waals surface area (Å²) in [5, 5.41) is 11.1. The summed E-state index contributed by atoms with van der Waals surface area (Å²) in [5.74, 6) is -1.21. The smallest absolute Gasteiger partial charge is 0.256 e. The van der Waals surface area contributed by atoms with Gasteiger partial charge in [0, 0.05) is 44.2 Å². The van der Waals surface area contributed by atoms with Crippen molar-refractivity contribution in [1.29, 1.82) is 0 Å². The van der Waals surface area contributed by atoms with Gasteiger partial charge < -0.3 is 0 Å². The van der Waals surface area contributed by atoms with E-state index >= 15 is 0 Å². The Bertz CT molecular complexity index is 989. The van der Waals surface area contributed by atoms with E-state index in [9.17, 15) is 9.59 Å². The van der Waals surface area contributed by atoms with Gasteiger partial charge in [0.1, 0.15) is 0 Å². The molecule has 0 bridgehead atoms. The van der Waals surface area contributed by atoms with Crippen LogP contribution in [-0.4, -0.2) is 42.0 Å². The van der Waals surface area contributed by atoms with Crippen LogP contribution in [0, 0.1) is 39.8 Å². The largest absolute Gasteiger partial charge is 0.297 e. The average Bonchev–Trinajstić information content (AvgIpc) is 3.00. The Morgan fingerprint density at radius 3 is 1.69 bits per heavy atom. The van der Waals surface area contributed by atoms with Crippen LogP contribution < -0.4 is 4.90 Å². The van der Waals surface area contributed by atoms with Crippen LogP contribution in [0.4, 0.5) is 5.95 Å². The molecule has 0 aliphatic carbocycles. The number of imide groups is 1. The van der Waals surface area contributed by atoms with Gasteiger partial charge in [0.25, 0.3) is 5.95 Å². The Kier molecular flexibility index (Phi) is 8.47. The van der Waals surface area contributed by atoms with Crippen LogP contribution in [-0.2, 0) is 44.2 Å². The van der Waals surface area contributed by atoms with Gasteiger partial charge in [0.2, 0.25) is 0 Å². The maximum absolute atomic E-state index is 13.2. The minimum atomic E-state index is -0.598. The minimum Gasteiger partial charge on any atom is -0.297 e. The first-order valence-corrected chi connectivity index (χ1v) is 8.12. The topological polar surface area (TPSA) is 107 Å². The normalized spacial score (nSPS) is 9.97. The van der Waals surface area contributed by atoms with Crippen LogP contribution in [0.3, 0.4) is 0 Å². The molecule has 9 nitrogen and oxygen atoms in total. The molecule has 2 radical (unpaired) electrons. The summed E-state index contributed by atoms with van der Waals surface area (Å²) >= 11 is 0. The van der Waals surface area contributed by atoms with Crippen molar-refractivity contribution in [3.05, 3.63) is 58.2 Å². The first kappa shape index (κ1) is 24.7. The number of rotatable bonds is 3. The molecule has 29 heavy (non-hydrogen) atoms. The van der Waals surface area contributed by atoms with Crippen LogP contribution in [0.25, 0.3) is 0 Å². The van der Waals surface area contributed by atoms with Crippen molar-refractivity contribution >= 4 is 17.8 Å². The van der Waals surface area contributed by atoms with Crippen LogP contribution in [0.1, 0.15) is 43.5 Å². The van der Waals surface area contributed by atoms with Crippen LogP contribution in [0.15, 0.2) is 12.1 Å². The fourth-order valence-corrected chi connectivity index (χ4v) is 2.61. The molecule has 0 aromatic carbocycles. The van der Waals surface area contributed by atoms with Crippen molar-refractivity contribution in [1.82, 2.24) is 30.2 Å². The molecule has 0 aliphatic rings. The molecule has 0 saturated carbocycles. The maximum atomic E-state index is 13.2. The van der Waals surface area contributed by atoms with Crippen LogP contribution in [0.2, 0.25) is 0 Å². The zero-order valence-electron chi connectivity index (χ0n) is 16.5. The van der Waals surface area contributed by atoms with Gasteiger partial charge >= 0.3 is 0 Å². The summed E-state index contributed by atoms with van der Waals surface area (Å²) in [5.41, 5.74) is 2.73. The fourth-order valence-electron chi connectivity index (χ4n) is 2.61. The van der Waals surface area contributed by atoms with Crippen molar-refractivity contribution in [2.45, 2.75) is 27.7 Å². The Morgan fingerprint density at radius 1 is 0.897 bits per heavy atom. The van der Waals surface area contributed by atoms with Crippen LogP contribution in [0.5, 0.6) is 0 Å². The third-order valence-corrected chi connectivity index (χ3v) is 3.97. The second kappa shape index (κ2) is 9.93. The quantitative estimate of drug-likeness (QED) is 0.424. The van der Waals surface area contributed by atoms with E-state index < -0.39 is 11.8 Å². The zero-order valence-corrected chi connectivity index (χ0v) is 19.3. The van der Waals surface area contributed by atoms with Crippen molar-refractivity contribution < 1.29 is 46.7 Å². The van der Waals surface area contributed by atoms with Gasteiger partial charge in [0.05, 0.1) is 0 Å².